The van der Waals surface area contributed by atoms with Gasteiger partial charge in [0.25, 0.3) is 0 Å². The van der Waals surface area contributed by atoms with Crippen molar-refractivity contribution in [2.75, 3.05) is 18.9 Å². The zero-order valence-corrected chi connectivity index (χ0v) is 14.7. The number of H-pyrrole nitrogens is 1. The minimum Gasteiger partial charge on any atom is -0.481 e. The van der Waals surface area contributed by atoms with Crippen LogP contribution in [0.2, 0.25) is 0 Å². The smallest absolute Gasteiger partial charge is 0.241 e. The molecule has 4 rings (SSSR count). The molecule has 126 valence electrons. The summed E-state index contributed by atoms with van der Waals surface area (Å²) in [7, 11) is 3.18. The molecule has 0 aliphatic carbocycles. The van der Waals surface area contributed by atoms with E-state index in [9.17, 15) is 0 Å². The Morgan fingerprint density at radius 1 is 0.960 bits per heavy atom. The van der Waals surface area contributed by atoms with Crippen LogP contribution in [0, 0.1) is 0 Å². The molecule has 0 atom stereocenters. The van der Waals surface area contributed by atoms with Gasteiger partial charge < -0.3 is 19.2 Å². The molecule has 2 heterocycles. The molecule has 2 aromatic heterocycles. The Hall–Kier alpha value is -2.86. The first kappa shape index (κ1) is 15.7. The predicted octanol–water partition coefficient (Wildman–Crippen LogP) is 4.85. The topological polar surface area (TPSA) is 59.2 Å². The van der Waals surface area contributed by atoms with Crippen molar-refractivity contribution in [2.24, 2.45) is 0 Å². The quantitative estimate of drug-likeness (QED) is 0.503. The van der Waals surface area contributed by atoms with E-state index >= 15 is 0 Å². The van der Waals surface area contributed by atoms with Crippen LogP contribution in [-0.4, -0.2) is 24.2 Å². The molecule has 6 heteroatoms. The molecule has 0 bridgehead atoms. The van der Waals surface area contributed by atoms with Gasteiger partial charge in [-0.05, 0) is 23.4 Å². The second-order valence-corrected chi connectivity index (χ2v) is 6.32. The summed E-state index contributed by atoms with van der Waals surface area (Å²) in [4.78, 5) is 8.78. The van der Waals surface area contributed by atoms with Crippen LogP contribution in [0.5, 0.6) is 11.8 Å². The summed E-state index contributed by atoms with van der Waals surface area (Å²) in [5.74, 6) is 1.02. The third-order valence-electron chi connectivity index (χ3n) is 4.05. The molecule has 0 fully saturated rings. The number of fused-ring (bicyclic) bond motifs is 3. The van der Waals surface area contributed by atoms with Crippen molar-refractivity contribution in [1.82, 2.24) is 9.97 Å². The minimum atomic E-state index is 0.497. The first-order chi connectivity index (χ1) is 12.3. The number of aromatic amines is 1. The predicted molar refractivity (Wildman–Crippen MR) is 103 cm³/mol. The van der Waals surface area contributed by atoms with E-state index < -0.39 is 0 Å². The summed E-state index contributed by atoms with van der Waals surface area (Å²) in [6, 6.07) is 16.3. The third kappa shape index (κ3) is 2.85. The number of pyridine rings is 1. The van der Waals surface area contributed by atoms with Crippen LogP contribution in [0.15, 0.2) is 59.6 Å². The van der Waals surface area contributed by atoms with E-state index in [-0.39, 0.29) is 0 Å². The van der Waals surface area contributed by atoms with Crippen molar-refractivity contribution in [3.05, 3.63) is 54.7 Å². The number of hydrogen-bond acceptors (Lipinski definition) is 5. The van der Waals surface area contributed by atoms with Crippen LogP contribution in [0.1, 0.15) is 0 Å². The van der Waals surface area contributed by atoms with E-state index in [0.717, 1.165) is 16.1 Å². The highest BCUT2D eigenvalue weighted by molar-refractivity contribution is 8.00. The maximum Gasteiger partial charge on any atom is 0.241 e. The van der Waals surface area contributed by atoms with E-state index in [1.54, 1.807) is 20.3 Å². The molecule has 4 aromatic rings. The molecule has 0 unspecified atom stereocenters. The fourth-order valence-electron chi connectivity index (χ4n) is 2.81. The van der Waals surface area contributed by atoms with Gasteiger partial charge in [0.1, 0.15) is 5.69 Å². The zero-order chi connectivity index (χ0) is 17.2. The van der Waals surface area contributed by atoms with Gasteiger partial charge in [0.2, 0.25) is 11.8 Å². The molecule has 5 nitrogen and oxygen atoms in total. The second kappa shape index (κ2) is 6.57. The molecule has 2 N–H and O–H groups in total. The number of nitrogens with one attached hydrogen (secondary N) is 2. The molecule has 0 aliphatic heterocycles. The number of rotatable bonds is 5. The Balaban J connectivity index is 1.65. The van der Waals surface area contributed by atoms with E-state index in [2.05, 4.69) is 51.1 Å². The molecular weight excluding hydrogens is 334 g/mol. The van der Waals surface area contributed by atoms with Gasteiger partial charge in [-0.3, -0.25) is 0 Å². The van der Waals surface area contributed by atoms with Gasteiger partial charge in [-0.2, -0.15) is 4.98 Å². The number of aromatic nitrogens is 2. The molecular formula is C19H17N3O2S. The number of ether oxygens (including phenoxy) is 2. The van der Waals surface area contributed by atoms with Crippen molar-refractivity contribution in [1.29, 1.82) is 0 Å². The fraction of sp³-hybridized carbons (Fsp3) is 0.105. The number of hydrogen-bond donors (Lipinski definition) is 2. The molecule has 0 saturated heterocycles. The van der Waals surface area contributed by atoms with Gasteiger partial charge in [0, 0.05) is 23.0 Å². The molecule has 0 spiro atoms. The van der Waals surface area contributed by atoms with Crippen LogP contribution >= 0.6 is 11.9 Å². The lowest BCUT2D eigenvalue weighted by atomic mass is 10.1. The monoisotopic (exact) mass is 351 g/mol. The zero-order valence-electron chi connectivity index (χ0n) is 13.9. The molecule has 25 heavy (non-hydrogen) atoms. The summed E-state index contributed by atoms with van der Waals surface area (Å²) in [6.07, 6.45) is 2.01. The summed E-state index contributed by atoms with van der Waals surface area (Å²) in [6.45, 7) is 0. The highest BCUT2D eigenvalue weighted by Crippen LogP contribution is 2.35. The normalized spacial score (nSPS) is 11.0. The molecule has 2 aromatic carbocycles. The number of benzene rings is 2. The van der Waals surface area contributed by atoms with Gasteiger partial charge in [-0.1, -0.05) is 36.4 Å². The lowest BCUT2D eigenvalue weighted by Crippen LogP contribution is -1.97. The summed E-state index contributed by atoms with van der Waals surface area (Å²) < 4.78 is 13.8. The van der Waals surface area contributed by atoms with Crippen LogP contribution in [-0.2, 0) is 0 Å². The molecule has 0 saturated carbocycles. The van der Waals surface area contributed by atoms with E-state index in [1.807, 2.05) is 12.3 Å². The molecule has 0 radical (unpaired) electrons. The van der Waals surface area contributed by atoms with Gasteiger partial charge in [-0.15, -0.1) is 0 Å². The third-order valence-corrected chi connectivity index (χ3v) is 4.93. The van der Waals surface area contributed by atoms with Gasteiger partial charge >= 0.3 is 0 Å². The summed E-state index contributed by atoms with van der Waals surface area (Å²) in [5.41, 5.74) is 1.94. The fourth-order valence-corrected chi connectivity index (χ4v) is 3.59. The highest BCUT2D eigenvalue weighted by atomic mass is 32.2. The average molecular weight is 351 g/mol. The maximum absolute atomic E-state index is 5.33. The van der Waals surface area contributed by atoms with Crippen molar-refractivity contribution in [3.63, 3.8) is 0 Å². The number of nitrogens with zero attached hydrogens (tertiary/aromatic N) is 1. The van der Waals surface area contributed by atoms with Gasteiger partial charge in [0.15, 0.2) is 0 Å². The van der Waals surface area contributed by atoms with Crippen LogP contribution < -0.4 is 14.2 Å². The Labute approximate surface area is 149 Å². The number of methoxy groups -OCH3 is 2. The van der Waals surface area contributed by atoms with Crippen LogP contribution in [0.3, 0.4) is 0 Å². The van der Waals surface area contributed by atoms with Crippen molar-refractivity contribution < 1.29 is 9.47 Å². The Morgan fingerprint density at radius 2 is 1.84 bits per heavy atom. The maximum atomic E-state index is 5.33. The Kier molecular flexibility index (Phi) is 4.11. The number of anilines is 1. The standard InChI is InChI=1S/C19H17N3O2S/c1-23-17-10-9-15(19(21-17)24-2)22-25-16-11-20-18-13-6-4-3-5-12(13)7-8-14(16)18/h3-11,20,22H,1-2H3. The van der Waals surface area contributed by atoms with Crippen molar-refractivity contribution in [3.8, 4) is 11.8 Å². The second-order valence-electron chi connectivity index (χ2n) is 5.48. The first-order valence-electron chi connectivity index (χ1n) is 7.81. The van der Waals surface area contributed by atoms with Crippen molar-refractivity contribution >= 4 is 39.3 Å². The molecule has 0 amide bonds. The molecule has 0 aliphatic rings. The lowest BCUT2D eigenvalue weighted by molar-refractivity contribution is 0.366. The average Bonchev–Trinajstić information content (AvgIpc) is 3.09. The van der Waals surface area contributed by atoms with Crippen molar-refractivity contribution in [2.45, 2.75) is 4.90 Å². The van der Waals surface area contributed by atoms with E-state index in [4.69, 9.17) is 9.47 Å². The van der Waals surface area contributed by atoms with Gasteiger partial charge in [-0.25, -0.2) is 0 Å². The lowest BCUT2D eigenvalue weighted by Gasteiger charge is -2.10. The Morgan fingerprint density at radius 3 is 2.68 bits per heavy atom. The van der Waals surface area contributed by atoms with Gasteiger partial charge in [0.05, 0.1) is 24.6 Å². The SMILES string of the molecule is COc1ccc(NSc2c[nH]c3c2ccc2ccccc23)c(OC)n1. The van der Waals surface area contributed by atoms with Crippen LogP contribution in [0.4, 0.5) is 5.69 Å². The largest absolute Gasteiger partial charge is 0.481 e. The summed E-state index contributed by atoms with van der Waals surface area (Å²) in [5, 5.41) is 3.62. The minimum absolute atomic E-state index is 0.497. The summed E-state index contributed by atoms with van der Waals surface area (Å²) >= 11 is 1.52. The first-order valence-corrected chi connectivity index (χ1v) is 8.62. The highest BCUT2D eigenvalue weighted by Gasteiger charge is 2.10. The van der Waals surface area contributed by atoms with E-state index in [1.165, 1.54) is 28.1 Å². The Bertz CT molecular complexity index is 1050. The van der Waals surface area contributed by atoms with E-state index in [0.29, 0.717) is 11.8 Å². The van der Waals surface area contributed by atoms with Crippen LogP contribution in [0.25, 0.3) is 21.7 Å².